The Hall–Kier alpha value is -4.76. The van der Waals surface area contributed by atoms with Gasteiger partial charge in [-0.05, 0) is 51.9 Å². The second-order valence-corrected chi connectivity index (χ2v) is 15.2. The average molecular weight is 674 g/mol. The highest BCUT2D eigenvalue weighted by atomic mass is 35.5. The lowest BCUT2D eigenvalue weighted by atomic mass is 9.77. The molecule has 1 fully saturated rings. The first kappa shape index (κ1) is 31.8. The number of aromatic nitrogens is 3. The molecule has 0 spiro atoms. The first-order chi connectivity index (χ1) is 23.1. The zero-order valence-corrected chi connectivity index (χ0v) is 28.5. The molecular formula is C39H36ClN5O2S. The van der Waals surface area contributed by atoms with Gasteiger partial charge >= 0.3 is 0 Å². The van der Waals surface area contributed by atoms with Crippen LogP contribution in [-0.4, -0.2) is 23.0 Å². The molecule has 48 heavy (non-hydrogen) atoms. The Morgan fingerprint density at radius 3 is 1.77 bits per heavy atom. The highest BCUT2D eigenvalue weighted by Gasteiger charge is 2.45. The summed E-state index contributed by atoms with van der Waals surface area (Å²) in [5.74, 6) is 0.198. The van der Waals surface area contributed by atoms with Crippen LogP contribution in [0.5, 0.6) is 0 Å². The Labute approximate surface area is 286 Å². The number of benzene rings is 4. The molecule has 1 aliphatic rings. The zero-order valence-electron chi connectivity index (χ0n) is 26.9. The van der Waals surface area contributed by atoms with Crippen LogP contribution in [0.2, 0.25) is 5.02 Å². The molecule has 0 bridgehead atoms. The minimum Gasteiger partial charge on any atom is -0.319 e. The largest absolute Gasteiger partial charge is 0.319 e. The number of hydrogen-bond donors (Lipinski definition) is 2. The van der Waals surface area contributed by atoms with E-state index in [1.807, 2.05) is 36.7 Å². The first-order valence-electron chi connectivity index (χ1n) is 15.8. The maximum absolute atomic E-state index is 13.3. The van der Waals surface area contributed by atoms with Crippen molar-refractivity contribution in [1.29, 1.82) is 0 Å². The highest BCUT2D eigenvalue weighted by molar-refractivity contribution is 7.92. The highest BCUT2D eigenvalue weighted by Crippen LogP contribution is 2.46. The molecule has 1 saturated heterocycles. The van der Waals surface area contributed by atoms with E-state index in [2.05, 4.69) is 119 Å². The van der Waals surface area contributed by atoms with Gasteiger partial charge in [-0.1, -0.05) is 136 Å². The molecule has 0 radical (unpaired) electrons. The normalized spacial score (nSPS) is 16.4. The van der Waals surface area contributed by atoms with Crippen LogP contribution in [0, 0.1) is 0 Å². The van der Waals surface area contributed by atoms with Crippen LogP contribution in [0.4, 0.5) is 5.82 Å². The number of nitrogens with one attached hydrogen (secondary N) is 2. The summed E-state index contributed by atoms with van der Waals surface area (Å²) < 4.78 is 31.3. The monoisotopic (exact) mass is 673 g/mol. The fraction of sp³-hybridized carbons (Fsp3) is 0.179. The third-order valence-electron chi connectivity index (χ3n) is 8.90. The Bertz CT molecular complexity index is 2050. The van der Waals surface area contributed by atoms with Crippen molar-refractivity contribution in [3.63, 3.8) is 0 Å². The van der Waals surface area contributed by atoms with Crippen molar-refractivity contribution in [3.8, 4) is 0 Å². The smallest absolute Gasteiger partial charge is 0.263 e. The summed E-state index contributed by atoms with van der Waals surface area (Å²) in [4.78, 5) is 9.71. The van der Waals surface area contributed by atoms with Crippen LogP contribution in [0.25, 0.3) is 0 Å². The molecule has 6 aromatic rings. The van der Waals surface area contributed by atoms with Gasteiger partial charge in [-0.15, -0.1) is 0 Å². The molecule has 4 aromatic carbocycles. The van der Waals surface area contributed by atoms with Gasteiger partial charge in [-0.3, -0.25) is 10.0 Å². The summed E-state index contributed by atoms with van der Waals surface area (Å²) >= 11 is 6.64. The Morgan fingerprint density at radius 2 is 1.25 bits per heavy atom. The molecule has 0 aliphatic carbocycles. The van der Waals surface area contributed by atoms with Gasteiger partial charge in [0.05, 0.1) is 39.7 Å². The van der Waals surface area contributed by atoms with Crippen LogP contribution in [0.15, 0.2) is 145 Å². The first-order valence-corrected chi connectivity index (χ1v) is 17.7. The van der Waals surface area contributed by atoms with Gasteiger partial charge in [0.1, 0.15) is 11.4 Å². The summed E-state index contributed by atoms with van der Waals surface area (Å²) in [6.07, 6.45) is 3.95. The predicted molar refractivity (Wildman–Crippen MR) is 191 cm³/mol. The van der Waals surface area contributed by atoms with Gasteiger partial charge < -0.3 is 4.57 Å². The molecule has 7 nitrogen and oxygen atoms in total. The fourth-order valence-electron chi connectivity index (χ4n) is 6.36. The lowest BCUT2D eigenvalue weighted by Gasteiger charge is -2.37. The zero-order chi connectivity index (χ0) is 33.5. The third kappa shape index (κ3) is 5.92. The molecule has 2 N–H and O–H groups in total. The van der Waals surface area contributed by atoms with E-state index >= 15 is 0 Å². The molecule has 0 amide bonds. The summed E-state index contributed by atoms with van der Waals surface area (Å²) in [5, 5.41) is 3.91. The van der Waals surface area contributed by atoms with Crippen molar-refractivity contribution < 1.29 is 8.42 Å². The molecule has 2 unspecified atom stereocenters. The molecule has 7 rings (SSSR count). The minimum atomic E-state index is -3.86. The van der Waals surface area contributed by atoms with Crippen molar-refractivity contribution >= 4 is 27.4 Å². The van der Waals surface area contributed by atoms with Crippen molar-refractivity contribution in [2.45, 2.75) is 48.7 Å². The van der Waals surface area contributed by atoms with Crippen LogP contribution < -0.4 is 10.0 Å². The van der Waals surface area contributed by atoms with Crippen LogP contribution in [0.3, 0.4) is 0 Å². The van der Waals surface area contributed by atoms with Crippen molar-refractivity contribution in [3.05, 3.63) is 179 Å². The topological polar surface area (TPSA) is 98.8 Å². The second-order valence-electron chi connectivity index (χ2n) is 13.1. The van der Waals surface area contributed by atoms with Gasteiger partial charge in [0, 0.05) is 6.20 Å². The number of anilines is 1. The Balaban J connectivity index is 1.20. The molecule has 242 valence electrons. The van der Waals surface area contributed by atoms with E-state index in [1.54, 1.807) is 24.3 Å². The van der Waals surface area contributed by atoms with Crippen molar-refractivity contribution in [2.24, 2.45) is 0 Å². The van der Waals surface area contributed by atoms with Gasteiger partial charge in [-0.25, -0.2) is 18.4 Å². The average Bonchev–Trinajstić information content (AvgIpc) is 3.74. The maximum atomic E-state index is 13.3. The molecule has 2 atom stereocenters. The van der Waals surface area contributed by atoms with Gasteiger partial charge in [0.2, 0.25) is 0 Å². The molecule has 2 aromatic heterocycles. The standard InChI is InChI=1S/C39H36ClN5O2S/c1-38(2,3)27-19-21-31(22-20-27)48(46,47)44-34-24-23-32(40)35(42-34)37-36(43-37)33-25-45(26-41-33)39(28-13-7-4-8-14-28,29-15-9-5-10-16-29)30-17-11-6-12-18-30/h4-26,36-37,43H,1-3H3,(H,42,44). The molecule has 1 aliphatic heterocycles. The van der Waals surface area contributed by atoms with E-state index in [9.17, 15) is 8.42 Å². The predicted octanol–water partition coefficient (Wildman–Crippen LogP) is 8.26. The fourth-order valence-corrected chi connectivity index (χ4v) is 7.59. The number of sulfonamides is 1. The molecular weight excluding hydrogens is 638 g/mol. The van der Waals surface area contributed by atoms with Crippen LogP contribution in [0.1, 0.15) is 66.5 Å². The molecule has 3 heterocycles. The van der Waals surface area contributed by atoms with Gasteiger partial charge in [0.15, 0.2) is 0 Å². The van der Waals surface area contributed by atoms with Crippen molar-refractivity contribution in [2.75, 3.05) is 4.72 Å². The summed E-state index contributed by atoms with van der Waals surface area (Å²) in [7, 11) is -3.86. The summed E-state index contributed by atoms with van der Waals surface area (Å²) in [6, 6.07) is 41.1. The lowest BCUT2D eigenvalue weighted by molar-refractivity contribution is 0.514. The Morgan fingerprint density at radius 1 is 0.708 bits per heavy atom. The van der Waals surface area contributed by atoms with E-state index in [4.69, 9.17) is 16.6 Å². The number of hydrogen-bond acceptors (Lipinski definition) is 5. The van der Waals surface area contributed by atoms with Crippen LogP contribution in [-0.2, 0) is 21.0 Å². The van der Waals surface area contributed by atoms with Gasteiger partial charge in [0.25, 0.3) is 10.0 Å². The maximum Gasteiger partial charge on any atom is 0.263 e. The molecule has 9 heteroatoms. The summed E-state index contributed by atoms with van der Waals surface area (Å²) in [6.45, 7) is 6.26. The van der Waals surface area contributed by atoms with E-state index < -0.39 is 15.6 Å². The van der Waals surface area contributed by atoms with E-state index in [0.29, 0.717) is 10.7 Å². The lowest BCUT2D eigenvalue weighted by Crippen LogP contribution is -2.36. The SMILES string of the molecule is CC(C)(C)c1ccc(S(=O)(=O)Nc2ccc(Cl)c(C3NC3c3cn(C(c4ccccc4)(c4ccccc4)c4ccccc4)cn3)n2)cc1. The molecule has 0 saturated carbocycles. The van der Waals surface area contributed by atoms with E-state index in [0.717, 1.165) is 27.9 Å². The minimum absolute atomic E-state index is 0.0852. The number of halogens is 1. The van der Waals surface area contributed by atoms with E-state index in [1.165, 1.54) is 0 Å². The number of nitrogens with zero attached hydrogens (tertiary/aromatic N) is 3. The van der Waals surface area contributed by atoms with Crippen molar-refractivity contribution in [1.82, 2.24) is 19.9 Å². The Kier molecular flexibility index (Phi) is 8.19. The number of pyridine rings is 1. The van der Waals surface area contributed by atoms with E-state index in [-0.39, 0.29) is 28.2 Å². The number of imidazole rings is 1. The third-order valence-corrected chi connectivity index (χ3v) is 10.6. The van der Waals surface area contributed by atoms with Crippen LogP contribution >= 0.6 is 11.6 Å². The van der Waals surface area contributed by atoms with Gasteiger partial charge in [-0.2, -0.15) is 0 Å². The second kappa shape index (κ2) is 12.4. The summed E-state index contributed by atoms with van der Waals surface area (Å²) in [5.41, 5.74) is 4.97. The quantitative estimate of drug-likeness (QED) is 0.119. The number of rotatable bonds is 9.